The van der Waals surface area contributed by atoms with Crippen molar-refractivity contribution in [3.8, 4) is 39.5 Å². The van der Waals surface area contributed by atoms with Gasteiger partial charge in [0.05, 0.1) is 22.4 Å². The Morgan fingerprint density at radius 1 is 0.783 bits per heavy atom. The van der Waals surface area contributed by atoms with Gasteiger partial charge in [0, 0.05) is 33.9 Å². The van der Waals surface area contributed by atoms with Crippen molar-refractivity contribution in [2.24, 2.45) is 0 Å². The minimum absolute atomic E-state index is 0. The zero-order valence-electron chi connectivity index (χ0n) is 42.6. The van der Waals surface area contributed by atoms with Gasteiger partial charge in [-0.25, -0.2) is 0 Å². The third-order valence-corrected chi connectivity index (χ3v) is 15.2. The first kappa shape index (κ1) is 34.6. The van der Waals surface area contributed by atoms with E-state index in [4.69, 9.17) is 16.3 Å². The SMILES string of the molecule is [2H]C(C)(C)c1cc(-c2ccccc2)cc(C([2H])(C)C)c1-n1c(-c2[c-]ccc3c2oc2cc(C)c(C)cc23)nc2ccccc21.[2H]c1[c-]c(-c2cc[c]([Ge]([CH3])([CH3])[CH3])cn2)cc([2H])c1C([2H])([2H])[2H].[Ir]. The molecule has 305 valence electrons. The number of hydrogen-bond donors (Lipinski definition) is 0. The van der Waals surface area contributed by atoms with Crippen LogP contribution in [0.1, 0.15) is 76.9 Å². The van der Waals surface area contributed by atoms with Crippen molar-refractivity contribution in [2.75, 3.05) is 0 Å². The molecular weight excluding hydrogens is 971 g/mol. The number of aryl methyl sites for hydroxylation is 2. The van der Waals surface area contributed by atoms with Gasteiger partial charge in [0.15, 0.2) is 0 Å². The molecule has 0 aliphatic carbocycles. The quantitative estimate of drug-likeness (QED) is 0.118. The molecule has 0 aliphatic heterocycles. The Balaban J connectivity index is 0.000000245. The molecule has 6 aromatic carbocycles. The minimum atomic E-state index is -2.47. The van der Waals surface area contributed by atoms with E-state index in [1.165, 1.54) is 21.6 Å². The van der Waals surface area contributed by atoms with Gasteiger partial charge in [-0.3, -0.25) is 4.98 Å². The Morgan fingerprint density at radius 2 is 1.48 bits per heavy atom. The van der Waals surface area contributed by atoms with Crippen LogP contribution in [0.4, 0.5) is 0 Å². The van der Waals surface area contributed by atoms with Crippen LogP contribution in [0.2, 0.25) is 17.3 Å². The summed E-state index contributed by atoms with van der Waals surface area (Å²) in [6.45, 7) is 9.40. The van der Waals surface area contributed by atoms with Crippen molar-refractivity contribution in [1.82, 2.24) is 14.5 Å². The molecule has 9 aromatic rings. The van der Waals surface area contributed by atoms with Gasteiger partial charge in [-0.2, -0.15) is 0 Å². The van der Waals surface area contributed by atoms with Crippen LogP contribution in [0.3, 0.4) is 0 Å². The monoisotopic (exact) mass is 1030 g/mol. The van der Waals surface area contributed by atoms with Crippen LogP contribution in [0.25, 0.3) is 72.4 Å². The van der Waals surface area contributed by atoms with E-state index in [0.29, 0.717) is 17.1 Å². The van der Waals surface area contributed by atoms with Gasteiger partial charge < -0.3 is 8.98 Å². The van der Waals surface area contributed by atoms with Gasteiger partial charge in [0.2, 0.25) is 0 Å². The first-order valence-electron chi connectivity index (χ1n) is 23.5. The smallest absolute Gasteiger partial charge is 0 e. The third kappa shape index (κ3) is 8.46. The molecule has 0 amide bonds. The maximum absolute atomic E-state index is 9.38. The van der Waals surface area contributed by atoms with Crippen LogP contribution < -0.4 is 4.40 Å². The summed E-state index contributed by atoms with van der Waals surface area (Å²) in [6, 6.07) is 41.9. The molecule has 0 spiro atoms. The van der Waals surface area contributed by atoms with E-state index in [0.717, 1.165) is 66.5 Å². The molecule has 1 radical (unpaired) electrons. The van der Waals surface area contributed by atoms with Crippen molar-refractivity contribution in [1.29, 1.82) is 0 Å². The van der Waals surface area contributed by atoms with Crippen molar-refractivity contribution in [2.45, 2.75) is 77.5 Å². The number of pyridine rings is 1. The topological polar surface area (TPSA) is 43.9 Å². The van der Waals surface area contributed by atoms with Gasteiger partial charge in [-0.15, -0.1) is 18.2 Å². The van der Waals surface area contributed by atoms with Crippen LogP contribution in [-0.4, -0.2) is 27.8 Å². The molecule has 0 bridgehead atoms. The fraction of sp³-hybridized carbons (Fsp3) is 0.222. The Labute approximate surface area is 381 Å². The largest absolute Gasteiger partial charge is 0 e. The fourth-order valence-corrected chi connectivity index (χ4v) is 9.67. The van der Waals surface area contributed by atoms with E-state index < -0.39 is 31.9 Å². The van der Waals surface area contributed by atoms with Crippen LogP contribution >= 0.6 is 0 Å². The summed E-state index contributed by atoms with van der Waals surface area (Å²) in [6.07, 6.45) is 1.84. The number of fused-ring (bicyclic) bond motifs is 4. The summed E-state index contributed by atoms with van der Waals surface area (Å²) in [7, 11) is 0. The van der Waals surface area contributed by atoms with Crippen molar-refractivity contribution in [3.63, 3.8) is 0 Å². The average molecular weight is 1030 g/mol. The van der Waals surface area contributed by atoms with Crippen LogP contribution in [0, 0.1) is 32.8 Å². The van der Waals surface area contributed by atoms with Crippen LogP contribution in [0.15, 0.2) is 132 Å². The third-order valence-electron chi connectivity index (χ3n) is 10.9. The van der Waals surface area contributed by atoms with Gasteiger partial charge in [-0.1, -0.05) is 81.1 Å². The average Bonchev–Trinajstić information content (AvgIpc) is 3.80. The molecule has 0 saturated heterocycles. The Bertz CT molecular complexity index is 3230. The summed E-state index contributed by atoms with van der Waals surface area (Å²) in [4.78, 5) is 9.59. The van der Waals surface area contributed by atoms with E-state index in [-0.39, 0.29) is 37.8 Å². The standard InChI is InChI=1S/C39H35N2O.C15H18GeN.Ir/c1-23(2)31-21-28(27-13-8-7-9-14-27)22-32(24(3)4)37(31)41-35-18-11-10-17-34(35)40-39(41)30-16-12-15-29-33-19-25(5)26(6)20-36(33)42-38(29)30;1-12-5-7-13(8-6-12)15-10-9-14(11-17-15)16(2,3)4;/h7-15,17-24H,1-6H3;5-7,9-11H,1-4H3;/q2*-1;/i23D,24D;1D3,5D,6D;. The van der Waals surface area contributed by atoms with Gasteiger partial charge in [0.25, 0.3) is 0 Å². The first-order chi connectivity index (χ1) is 30.9. The Morgan fingerprint density at radius 3 is 2.13 bits per heavy atom. The normalized spacial score (nSPS) is 13.9. The van der Waals surface area contributed by atoms with E-state index in [1.807, 2.05) is 88.5 Å². The molecule has 0 N–H and O–H groups in total. The zero-order valence-corrected chi connectivity index (χ0v) is 40.0. The van der Waals surface area contributed by atoms with Gasteiger partial charge >= 0.3 is 113 Å². The number of nitrogens with zero attached hydrogens (tertiary/aromatic N) is 3. The van der Waals surface area contributed by atoms with Crippen molar-refractivity contribution < 1.29 is 34.1 Å². The van der Waals surface area contributed by atoms with Crippen molar-refractivity contribution in [3.05, 3.63) is 167 Å². The summed E-state index contributed by atoms with van der Waals surface area (Å²) in [5.41, 5.74) is 11.7. The minimum Gasteiger partial charge on any atom is 0 e. The molecule has 6 heteroatoms. The van der Waals surface area contributed by atoms with Crippen LogP contribution in [0.5, 0.6) is 0 Å². The summed E-state index contributed by atoms with van der Waals surface area (Å²) < 4.78 is 66.6. The molecule has 60 heavy (non-hydrogen) atoms. The van der Waals surface area contributed by atoms with E-state index >= 15 is 0 Å². The number of aromatic nitrogens is 3. The predicted molar refractivity (Wildman–Crippen MR) is 252 cm³/mol. The van der Waals surface area contributed by atoms with E-state index in [2.05, 4.69) is 101 Å². The molecular formula is C54H53GeIrN3O-2. The molecule has 0 aliphatic rings. The molecule has 0 fully saturated rings. The molecule has 9 rings (SSSR count). The second-order valence-corrected chi connectivity index (χ2v) is 27.3. The van der Waals surface area contributed by atoms with Gasteiger partial charge in [0.1, 0.15) is 5.58 Å². The summed E-state index contributed by atoms with van der Waals surface area (Å²) >= 11 is -1.93. The Kier molecular flexibility index (Phi) is 10.1. The predicted octanol–water partition coefficient (Wildman–Crippen LogP) is 14.3. The van der Waals surface area contributed by atoms with E-state index in [1.54, 1.807) is 0 Å². The zero-order chi connectivity index (χ0) is 47.7. The summed E-state index contributed by atoms with van der Waals surface area (Å²) in [5, 5.41) is 2.08. The number of imidazole rings is 1. The number of rotatable bonds is 7. The molecule has 0 unspecified atom stereocenters. The molecule has 3 heterocycles. The number of hydrogen-bond acceptors (Lipinski definition) is 3. The van der Waals surface area contributed by atoms with E-state index in [9.17, 15) is 2.74 Å². The van der Waals surface area contributed by atoms with Crippen LogP contribution in [-0.2, 0) is 20.1 Å². The Hall–Kier alpha value is -5.07. The van der Waals surface area contributed by atoms with Gasteiger partial charge in [-0.05, 0) is 95.4 Å². The number of para-hydroxylation sites is 2. The molecule has 4 nitrogen and oxygen atoms in total. The van der Waals surface area contributed by atoms with Crippen molar-refractivity contribution >= 4 is 50.6 Å². The molecule has 0 atom stereocenters. The second kappa shape index (κ2) is 17.5. The first-order valence-corrected chi connectivity index (χ1v) is 27.3. The maximum Gasteiger partial charge on any atom is 0 e. The maximum atomic E-state index is 9.38. The second-order valence-electron chi connectivity index (χ2n) is 16.7. The number of furan rings is 1. The number of benzene rings is 6. The fourth-order valence-electron chi connectivity index (χ4n) is 7.50. The molecule has 0 saturated carbocycles. The molecule has 3 aromatic heterocycles. The summed E-state index contributed by atoms with van der Waals surface area (Å²) in [5.74, 6) is 5.54.